The van der Waals surface area contributed by atoms with Crippen molar-refractivity contribution in [1.82, 2.24) is 4.98 Å². The number of halogens is 2. The fourth-order valence-corrected chi connectivity index (χ4v) is 2.55. The second-order valence-electron chi connectivity index (χ2n) is 4.40. The SMILES string of the molecule is OC(c1ccc(Br)c(Cl)c1)c1ccc2[nH]ccc2c1. The highest BCUT2D eigenvalue weighted by Gasteiger charge is 2.12. The van der Waals surface area contributed by atoms with Crippen molar-refractivity contribution in [3.8, 4) is 0 Å². The fourth-order valence-electron chi connectivity index (χ4n) is 2.12. The molecule has 0 fully saturated rings. The van der Waals surface area contributed by atoms with Gasteiger partial charge in [0.25, 0.3) is 0 Å². The van der Waals surface area contributed by atoms with Gasteiger partial charge in [-0.05, 0) is 62.8 Å². The molecule has 19 heavy (non-hydrogen) atoms. The van der Waals surface area contributed by atoms with Crippen molar-refractivity contribution in [2.24, 2.45) is 0 Å². The van der Waals surface area contributed by atoms with E-state index in [0.717, 1.165) is 26.5 Å². The normalized spacial score (nSPS) is 12.8. The Bertz CT molecular complexity index is 738. The van der Waals surface area contributed by atoms with Gasteiger partial charge in [0.2, 0.25) is 0 Å². The number of fused-ring (bicyclic) bond motifs is 1. The highest BCUT2D eigenvalue weighted by molar-refractivity contribution is 9.10. The zero-order valence-electron chi connectivity index (χ0n) is 9.90. The predicted molar refractivity (Wildman–Crippen MR) is 81.5 cm³/mol. The molecule has 0 aliphatic rings. The third-order valence-electron chi connectivity index (χ3n) is 3.15. The van der Waals surface area contributed by atoms with Crippen LogP contribution >= 0.6 is 27.5 Å². The minimum atomic E-state index is -0.676. The van der Waals surface area contributed by atoms with Gasteiger partial charge in [0.1, 0.15) is 6.10 Å². The molecule has 0 radical (unpaired) electrons. The lowest BCUT2D eigenvalue weighted by Gasteiger charge is -2.12. The summed E-state index contributed by atoms with van der Waals surface area (Å²) < 4.78 is 0.825. The number of aromatic nitrogens is 1. The van der Waals surface area contributed by atoms with Gasteiger partial charge >= 0.3 is 0 Å². The van der Waals surface area contributed by atoms with Crippen molar-refractivity contribution >= 4 is 38.4 Å². The average Bonchev–Trinajstić information content (AvgIpc) is 2.88. The van der Waals surface area contributed by atoms with Gasteiger partial charge in [0.15, 0.2) is 0 Å². The van der Waals surface area contributed by atoms with Crippen LogP contribution in [0.1, 0.15) is 17.2 Å². The van der Waals surface area contributed by atoms with Gasteiger partial charge < -0.3 is 10.1 Å². The summed E-state index contributed by atoms with van der Waals surface area (Å²) in [6.45, 7) is 0. The van der Waals surface area contributed by atoms with Gasteiger partial charge in [-0.3, -0.25) is 0 Å². The maximum absolute atomic E-state index is 10.4. The van der Waals surface area contributed by atoms with Crippen molar-refractivity contribution in [1.29, 1.82) is 0 Å². The Hall–Kier alpha value is -1.29. The Morgan fingerprint density at radius 2 is 1.79 bits per heavy atom. The predicted octanol–water partition coefficient (Wildman–Crippen LogP) is 4.67. The standard InChI is InChI=1S/C15H11BrClNO/c16-12-3-1-11(8-13(12)17)15(19)10-2-4-14-9(7-10)5-6-18-14/h1-8,15,18-19H. The van der Waals surface area contributed by atoms with Crippen molar-refractivity contribution in [3.05, 3.63) is 69.3 Å². The lowest BCUT2D eigenvalue weighted by Crippen LogP contribution is -1.99. The first-order chi connectivity index (χ1) is 9.15. The van der Waals surface area contributed by atoms with E-state index in [1.807, 2.05) is 42.6 Å². The van der Waals surface area contributed by atoms with E-state index >= 15 is 0 Å². The Kier molecular flexibility index (Phi) is 3.35. The molecule has 0 saturated carbocycles. The first-order valence-electron chi connectivity index (χ1n) is 5.85. The summed E-state index contributed by atoms with van der Waals surface area (Å²) in [6, 6.07) is 13.3. The third kappa shape index (κ3) is 2.41. The number of H-pyrrole nitrogens is 1. The van der Waals surface area contributed by atoms with E-state index in [1.54, 1.807) is 6.07 Å². The molecule has 3 rings (SSSR count). The highest BCUT2D eigenvalue weighted by Crippen LogP contribution is 2.30. The van der Waals surface area contributed by atoms with E-state index in [0.29, 0.717) is 5.02 Å². The molecule has 0 bridgehead atoms. The van der Waals surface area contributed by atoms with Crippen LogP contribution in [-0.4, -0.2) is 10.1 Å². The van der Waals surface area contributed by atoms with Crippen LogP contribution in [0.2, 0.25) is 5.02 Å². The number of hydrogen-bond acceptors (Lipinski definition) is 1. The van der Waals surface area contributed by atoms with E-state index in [4.69, 9.17) is 11.6 Å². The molecule has 0 aliphatic heterocycles. The number of aliphatic hydroxyl groups is 1. The monoisotopic (exact) mass is 335 g/mol. The second-order valence-corrected chi connectivity index (χ2v) is 5.66. The van der Waals surface area contributed by atoms with Crippen LogP contribution in [0, 0.1) is 0 Å². The third-order valence-corrected chi connectivity index (χ3v) is 4.38. The largest absolute Gasteiger partial charge is 0.384 e. The molecule has 1 aromatic heterocycles. The smallest absolute Gasteiger partial charge is 0.104 e. The van der Waals surface area contributed by atoms with Crippen LogP contribution in [0.15, 0.2) is 53.1 Å². The fraction of sp³-hybridized carbons (Fsp3) is 0.0667. The zero-order chi connectivity index (χ0) is 13.4. The Morgan fingerprint density at radius 1 is 1.05 bits per heavy atom. The molecule has 3 aromatic rings. The van der Waals surface area contributed by atoms with E-state index in [-0.39, 0.29) is 0 Å². The van der Waals surface area contributed by atoms with Gasteiger partial charge in [-0.25, -0.2) is 0 Å². The summed E-state index contributed by atoms with van der Waals surface area (Å²) in [4.78, 5) is 3.13. The van der Waals surface area contributed by atoms with Crippen LogP contribution < -0.4 is 0 Å². The molecule has 2 aromatic carbocycles. The summed E-state index contributed by atoms with van der Waals surface area (Å²) in [5, 5.41) is 12.1. The van der Waals surface area contributed by atoms with Crippen molar-refractivity contribution in [2.45, 2.75) is 6.10 Å². The summed E-state index contributed by atoms with van der Waals surface area (Å²) in [7, 11) is 0. The van der Waals surface area contributed by atoms with E-state index < -0.39 is 6.10 Å². The molecule has 4 heteroatoms. The first-order valence-corrected chi connectivity index (χ1v) is 7.02. The molecule has 2 N–H and O–H groups in total. The van der Waals surface area contributed by atoms with Crippen LogP contribution in [0.5, 0.6) is 0 Å². The molecular weight excluding hydrogens is 326 g/mol. The number of aliphatic hydroxyl groups excluding tert-OH is 1. The molecule has 1 unspecified atom stereocenters. The van der Waals surface area contributed by atoms with E-state index in [9.17, 15) is 5.11 Å². The lowest BCUT2D eigenvalue weighted by atomic mass is 10.0. The molecule has 0 spiro atoms. The first kappa shape index (κ1) is 12.7. The number of benzene rings is 2. The summed E-state index contributed by atoms with van der Waals surface area (Å²) in [5.41, 5.74) is 2.69. The highest BCUT2D eigenvalue weighted by atomic mass is 79.9. The van der Waals surface area contributed by atoms with E-state index in [2.05, 4.69) is 20.9 Å². The number of aromatic amines is 1. The van der Waals surface area contributed by atoms with Gasteiger partial charge in [0, 0.05) is 16.2 Å². The minimum Gasteiger partial charge on any atom is -0.384 e. The van der Waals surface area contributed by atoms with Gasteiger partial charge in [-0.1, -0.05) is 23.7 Å². The maximum atomic E-state index is 10.4. The quantitative estimate of drug-likeness (QED) is 0.701. The molecule has 1 atom stereocenters. The van der Waals surface area contributed by atoms with Crippen LogP contribution in [-0.2, 0) is 0 Å². The minimum absolute atomic E-state index is 0.597. The Balaban J connectivity index is 2.01. The summed E-state index contributed by atoms with van der Waals surface area (Å²) in [5.74, 6) is 0. The molecule has 0 amide bonds. The van der Waals surface area contributed by atoms with Crippen molar-refractivity contribution in [3.63, 3.8) is 0 Å². The van der Waals surface area contributed by atoms with Crippen molar-refractivity contribution < 1.29 is 5.11 Å². The van der Waals surface area contributed by atoms with Crippen LogP contribution in [0.4, 0.5) is 0 Å². The Labute approximate surface area is 124 Å². The summed E-state index contributed by atoms with van der Waals surface area (Å²) in [6.07, 6.45) is 1.21. The molecule has 2 nitrogen and oxygen atoms in total. The number of nitrogens with one attached hydrogen (secondary N) is 1. The van der Waals surface area contributed by atoms with Gasteiger partial charge in [-0.15, -0.1) is 0 Å². The molecule has 1 heterocycles. The average molecular weight is 337 g/mol. The van der Waals surface area contributed by atoms with E-state index in [1.165, 1.54) is 0 Å². The number of rotatable bonds is 2. The molecular formula is C15H11BrClNO. The maximum Gasteiger partial charge on any atom is 0.104 e. The molecule has 0 saturated heterocycles. The molecule has 0 aliphatic carbocycles. The Morgan fingerprint density at radius 3 is 2.58 bits per heavy atom. The second kappa shape index (κ2) is 5.00. The van der Waals surface area contributed by atoms with Gasteiger partial charge in [0.05, 0.1) is 5.02 Å². The summed E-state index contributed by atoms with van der Waals surface area (Å²) >= 11 is 9.40. The lowest BCUT2D eigenvalue weighted by molar-refractivity contribution is 0.220. The van der Waals surface area contributed by atoms with Gasteiger partial charge in [-0.2, -0.15) is 0 Å². The molecule has 96 valence electrons. The van der Waals surface area contributed by atoms with Crippen LogP contribution in [0.25, 0.3) is 10.9 Å². The van der Waals surface area contributed by atoms with Crippen LogP contribution in [0.3, 0.4) is 0 Å². The van der Waals surface area contributed by atoms with Crippen molar-refractivity contribution in [2.75, 3.05) is 0 Å². The number of hydrogen-bond donors (Lipinski definition) is 2. The topological polar surface area (TPSA) is 36.0 Å². The zero-order valence-corrected chi connectivity index (χ0v) is 12.2.